The highest BCUT2D eigenvalue weighted by molar-refractivity contribution is 7.92. The molecule has 0 unspecified atom stereocenters. The summed E-state index contributed by atoms with van der Waals surface area (Å²) in [4.78, 5) is 24.3. The molecule has 0 aliphatic rings. The molecule has 0 aliphatic heterocycles. The Balaban J connectivity index is 2.29. The monoisotopic (exact) mass is 556 g/mol. The Morgan fingerprint density at radius 3 is 1.78 bits per heavy atom. The molecule has 0 fully saturated rings. The molecule has 2 N–H and O–H groups in total. The summed E-state index contributed by atoms with van der Waals surface area (Å²) >= 11 is 6.16. The highest BCUT2D eigenvalue weighted by Gasteiger charge is 2.24. The second kappa shape index (κ2) is 17.8. The van der Waals surface area contributed by atoms with Crippen molar-refractivity contribution < 1.29 is 18.0 Å². The van der Waals surface area contributed by atoms with Crippen molar-refractivity contribution in [2.24, 2.45) is 5.41 Å². The highest BCUT2D eigenvalue weighted by Crippen LogP contribution is 2.27. The van der Waals surface area contributed by atoms with Gasteiger partial charge in [-0.1, -0.05) is 123 Å². The van der Waals surface area contributed by atoms with Crippen LogP contribution in [-0.4, -0.2) is 25.9 Å². The topological polar surface area (TPSA) is 92.3 Å². The molecule has 1 aromatic carbocycles. The van der Waals surface area contributed by atoms with Crippen LogP contribution >= 0.6 is 11.6 Å². The van der Waals surface area contributed by atoms with Crippen LogP contribution in [0.3, 0.4) is 0 Å². The van der Waals surface area contributed by atoms with Gasteiger partial charge >= 0.3 is 0 Å². The zero-order chi connectivity index (χ0) is 27.7. The van der Waals surface area contributed by atoms with Gasteiger partial charge in [0.05, 0.1) is 28.6 Å². The van der Waals surface area contributed by atoms with Gasteiger partial charge in [-0.15, -0.1) is 0 Å². The zero-order valence-electron chi connectivity index (χ0n) is 23.5. The first-order chi connectivity index (χ1) is 17.4. The molecule has 1 rings (SSSR count). The smallest absolute Gasteiger partial charge is 0.232 e. The van der Waals surface area contributed by atoms with Crippen molar-refractivity contribution in [2.75, 3.05) is 15.8 Å². The first kappa shape index (κ1) is 33.4. The lowest BCUT2D eigenvalue weighted by Crippen LogP contribution is -2.26. The molecule has 0 saturated carbocycles. The van der Waals surface area contributed by atoms with Gasteiger partial charge in [-0.25, -0.2) is 8.42 Å². The van der Waals surface area contributed by atoms with Crippen molar-refractivity contribution >= 4 is 44.7 Å². The number of rotatable bonds is 20. The first-order valence-corrected chi connectivity index (χ1v) is 16.1. The van der Waals surface area contributed by atoms with Crippen molar-refractivity contribution in [1.82, 2.24) is 0 Å². The van der Waals surface area contributed by atoms with Gasteiger partial charge in [-0.3, -0.25) is 14.3 Å². The molecule has 1 amide bonds. The fourth-order valence-electron chi connectivity index (χ4n) is 4.01. The Morgan fingerprint density at radius 1 is 0.811 bits per heavy atom. The Labute approximate surface area is 230 Å². The number of unbranched alkanes of at least 4 members (excludes halogenated alkanes) is 13. The Kier molecular flexibility index (Phi) is 16.1. The van der Waals surface area contributed by atoms with E-state index in [-0.39, 0.29) is 28.7 Å². The van der Waals surface area contributed by atoms with Gasteiger partial charge in [0.1, 0.15) is 5.78 Å². The van der Waals surface area contributed by atoms with Crippen LogP contribution in [0, 0.1) is 5.41 Å². The van der Waals surface area contributed by atoms with Gasteiger partial charge in [0, 0.05) is 5.41 Å². The van der Waals surface area contributed by atoms with Crippen molar-refractivity contribution in [2.45, 2.75) is 124 Å². The summed E-state index contributed by atoms with van der Waals surface area (Å²) in [5.74, 6) is -0.620. The number of sulfonamides is 1. The molecule has 1 aromatic rings. The summed E-state index contributed by atoms with van der Waals surface area (Å²) < 4.78 is 27.6. The minimum absolute atomic E-state index is 0.0510. The number of halogens is 1. The number of carbonyl (C=O) groups is 2. The molecule has 6 nitrogen and oxygen atoms in total. The molecule has 0 bridgehead atoms. The predicted octanol–water partition coefficient (Wildman–Crippen LogP) is 8.51. The summed E-state index contributed by atoms with van der Waals surface area (Å²) in [5.41, 5.74) is -0.0245. The van der Waals surface area contributed by atoms with Crippen LogP contribution in [0.5, 0.6) is 0 Å². The van der Waals surface area contributed by atoms with Crippen molar-refractivity contribution in [3.8, 4) is 0 Å². The van der Waals surface area contributed by atoms with E-state index < -0.39 is 21.3 Å². The van der Waals surface area contributed by atoms with Crippen LogP contribution in [0.1, 0.15) is 124 Å². The van der Waals surface area contributed by atoms with E-state index in [4.69, 9.17) is 11.6 Å². The second-order valence-electron chi connectivity index (χ2n) is 11.1. The van der Waals surface area contributed by atoms with E-state index in [1.54, 1.807) is 26.8 Å². The van der Waals surface area contributed by atoms with E-state index in [0.29, 0.717) is 12.1 Å². The molecular weight excluding hydrogens is 508 g/mol. The quantitative estimate of drug-likeness (QED) is 0.124. The number of nitrogens with one attached hydrogen (secondary N) is 2. The number of hydrogen-bond donors (Lipinski definition) is 2. The van der Waals surface area contributed by atoms with Crippen molar-refractivity contribution in [3.05, 3.63) is 23.2 Å². The van der Waals surface area contributed by atoms with Crippen LogP contribution < -0.4 is 10.0 Å². The lowest BCUT2D eigenvalue weighted by Gasteiger charge is -2.16. The molecule has 0 saturated heterocycles. The minimum atomic E-state index is -3.51. The Bertz CT molecular complexity index is 926. The summed E-state index contributed by atoms with van der Waals surface area (Å²) in [6, 6.07) is 4.55. The molecular formula is C29H49ClN2O4S. The molecule has 0 aromatic heterocycles. The molecule has 0 aliphatic carbocycles. The van der Waals surface area contributed by atoms with E-state index in [2.05, 4.69) is 17.0 Å². The molecule has 0 spiro atoms. The number of hydrogen-bond acceptors (Lipinski definition) is 4. The molecule has 0 radical (unpaired) electrons. The lowest BCUT2D eigenvalue weighted by atomic mass is 9.89. The molecule has 0 heterocycles. The predicted molar refractivity (Wildman–Crippen MR) is 157 cm³/mol. The van der Waals surface area contributed by atoms with Crippen LogP contribution in [0.15, 0.2) is 18.2 Å². The van der Waals surface area contributed by atoms with Crippen LogP contribution in [0.4, 0.5) is 11.4 Å². The molecule has 212 valence electrons. The molecule has 8 heteroatoms. The SMILES string of the molecule is CCCCCCCCCCCCCCCCS(=O)(=O)Nc1ccc(Cl)c(NC(=O)CC(=O)C(C)(C)C)c1. The summed E-state index contributed by atoms with van der Waals surface area (Å²) in [6.45, 7) is 7.51. The first-order valence-electron chi connectivity index (χ1n) is 14.1. The zero-order valence-corrected chi connectivity index (χ0v) is 25.0. The third-order valence-electron chi connectivity index (χ3n) is 6.44. The van der Waals surface area contributed by atoms with E-state index in [9.17, 15) is 18.0 Å². The maximum absolute atomic E-state index is 12.5. The number of benzene rings is 1. The average molecular weight is 557 g/mol. The lowest BCUT2D eigenvalue weighted by molar-refractivity contribution is -0.130. The number of anilines is 2. The van der Waals surface area contributed by atoms with Gasteiger partial charge < -0.3 is 5.32 Å². The number of carbonyl (C=O) groups excluding carboxylic acids is 2. The second-order valence-corrected chi connectivity index (χ2v) is 13.4. The fraction of sp³-hybridized carbons (Fsp3) is 0.724. The van der Waals surface area contributed by atoms with Crippen molar-refractivity contribution in [1.29, 1.82) is 0 Å². The summed E-state index contributed by atoms with van der Waals surface area (Å²) in [6.07, 6.45) is 16.7. The molecule has 37 heavy (non-hydrogen) atoms. The maximum atomic E-state index is 12.5. The van der Waals surface area contributed by atoms with Crippen LogP contribution in [0.2, 0.25) is 5.02 Å². The van der Waals surface area contributed by atoms with Crippen LogP contribution in [0.25, 0.3) is 0 Å². The average Bonchev–Trinajstić information content (AvgIpc) is 2.80. The fourth-order valence-corrected chi connectivity index (χ4v) is 5.34. The van der Waals surface area contributed by atoms with E-state index in [1.165, 1.54) is 76.3 Å². The van der Waals surface area contributed by atoms with Gasteiger partial charge in [-0.2, -0.15) is 0 Å². The van der Waals surface area contributed by atoms with Crippen LogP contribution in [-0.2, 0) is 19.6 Å². The Morgan fingerprint density at radius 2 is 1.30 bits per heavy atom. The van der Waals surface area contributed by atoms with E-state index in [1.807, 2.05) is 0 Å². The van der Waals surface area contributed by atoms with E-state index in [0.717, 1.165) is 19.3 Å². The number of amides is 1. The minimum Gasteiger partial charge on any atom is -0.324 e. The number of ketones is 1. The van der Waals surface area contributed by atoms with Gasteiger partial charge in [0.2, 0.25) is 15.9 Å². The summed E-state index contributed by atoms with van der Waals surface area (Å²) in [5, 5.41) is 2.88. The molecule has 0 atom stereocenters. The highest BCUT2D eigenvalue weighted by atomic mass is 35.5. The Hall–Kier alpha value is -1.60. The van der Waals surface area contributed by atoms with Gasteiger partial charge in [0.15, 0.2) is 0 Å². The van der Waals surface area contributed by atoms with Gasteiger partial charge in [0.25, 0.3) is 0 Å². The maximum Gasteiger partial charge on any atom is 0.232 e. The largest absolute Gasteiger partial charge is 0.324 e. The van der Waals surface area contributed by atoms with Crippen molar-refractivity contribution in [3.63, 3.8) is 0 Å². The third-order valence-corrected chi connectivity index (χ3v) is 8.14. The van der Waals surface area contributed by atoms with Gasteiger partial charge in [-0.05, 0) is 24.6 Å². The summed E-state index contributed by atoms with van der Waals surface area (Å²) in [7, 11) is -3.51. The number of Topliss-reactive ketones (excluding diaryl/α,β-unsaturated/α-hetero) is 1. The normalized spacial score (nSPS) is 11.9. The standard InChI is InChI=1S/C29H49ClN2O4S/c1-5-6-7-8-9-10-11-12-13-14-15-16-17-18-21-37(35,36)32-24-19-20-25(30)26(22-24)31-28(34)23-27(33)29(2,3)4/h19-20,22,32H,5-18,21,23H2,1-4H3,(H,31,34). The third kappa shape index (κ3) is 16.1. The van der Waals surface area contributed by atoms with E-state index >= 15 is 0 Å².